The van der Waals surface area contributed by atoms with Gasteiger partial charge in [-0.1, -0.05) is 6.07 Å². The van der Waals surface area contributed by atoms with E-state index in [4.69, 9.17) is 9.84 Å². The van der Waals surface area contributed by atoms with Crippen LogP contribution in [-0.2, 0) is 0 Å². The quantitative estimate of drug-likeness (QED) is 0.835. The fraction of sp³-hybridized carbons (Fsp3) is 0.0909. The second kappa shape index (κ2) is 4.17. The number of ether oxygens (including phenoxy) is 1. The molecule has 1 aromatic carbocycles. The molecule has 0 aliphatic carbocycles. The Bertz CT molecular complexity index is 562. The normalized spacial score (nSPS) is 10.2. The number of rotatable bonds is 3. The van der Waals surface area contributed by atoms with Gasteiger partial charge in [0.2, 0.25) is 0 Å². The number of hydrogen-bond acceptors (Lipinski definition) is 4. The molecule has 0 spiro atoms. The van der Waals surface area contributed by atoms with E-state index < -0.39 is 5.97 Å². The first-order valence-electron chi connectivity index (χ1n) is 4.78. The minimum atomic E-state index is -1.15. The smallest absolute Gasteiger partial charge is 0.358 e. The van der Waals surface area contributed by atoms with Gasteiger partial charge in [-0.2, -0.15) is 5.10 Å². The lowest BCUT2D eigenvalue weighted by molar-refractivity contribution is 0.0683. The number of benzene rings is 1. The molecule has 1 heterocycles. The number of phenols is 1. The molecule has 6 nitrogen and oxygen atoms in total. The van der Waals surface area contributed by atoms with Gasteiger partial charge in [-0.05, 0) is 12.1 Å². The molecule has 0 saturated carbocycles. The lowest BCUT2D eigenvalue weighted by atomic mass is 10.3. The highest BCUT2D eigenvalue weighted by Gasteiger charge is 2.19. The summed E-state index contributed by atoms with van der Waals surface area (Å²) in [5.74, 6) is -0.947. The Morgan fingerprint density at radius 1 is 1.47 bits per heavy atom. The van der Waals surface area contributed by atoms with Crippen molar-refractivity contribution in [3.05, 3.63) is 36.2 Å². The van der Waals surface area contributed by atoms with E-state index in [-0.39, 0.29) is 17.2 Å². The molecule has 0 aliphatic heterocycles. The number of phenolic OH excluding ortho intramolecular Hbond substituents is 1. The first kappa shape index (κ1) is 11.0. The first-order chi connectivity index (χ1) is 8.13. The van der Waals surface area contributed by atoms with Gasteiger partial charge in [0.25, 0.3) is 0 Å². The van der Waals surface area contributed by atoms with E-state index >= 15 is 0 Å². The fourth-order valence-corrected chi connectivity index (χ4v) is 1.50. The van der Waals surface area contributed by atoms with Crippen LogP contribution in [0.3, 0.4) is 0 Å². The molecule has 6 heteroatoms. The van der Waals surface area contributed by atoms with Gasteiger partial charge in [0, 0.05) is 6.07 Å². The summed E-state index contributed by atoms with van der Waals surface area (Å²) in [6.07, 6.45) is 1.31. The SMILES string of the molecule is COc1cnn(-c2cccc(O)c2)c1C(=O)O. The van der Waals surface area contributed by atoms with E-state index in [1.54, 1.807) is 12.1 Å². The van der Waals surface area contributed by atoms with Crippen LogP contribution < -0.4 is 4.74 Å². The summed E-state index contributed by atoms with van der Waals surface area (Å²) in [4.78, 5) is 11.1. The van der Waals surface area contributed by atoms with Crippen molar-refractivity contribution in [2.24, 2.45) is 0 Å². The number of nitrogens with zero attached hydrogens (tertiary/aromatic N) is 2. The number of carbonyl (C=O) groups is 1. The van der Waals surface area contributed by atoms with Crippen LogP contribution in [0, 0.1) is 0 Å². The highest BCUT2D eigenvalue weighted by molar-refractivity contribution is 5.89. The topological polar surface area (TPSA) is 84.6 Å². The minimum Gasteiger partial charge on any atom is -0.508 e. The lowest BCUT2D eigenvalue weighted by Gasteiger charge is -2.05. The maximum absolute atomic E-state index is 11.1. The number of aromatic nitrogens is 2. The maximum Gasteiger partial charge on any atom is 0.358 e. The number of hydrogen-bond donors (Lipinski definition) is 2. The third kappa shape index (κ3) is 1.92. The molecule has 0 amide bonds. The molecule has 0 aliphatic rings. The van der Waals surface area contributed by atoms with Gasteiger partial charge in [0.15, 0.2) is 11.4 Å². The summed E-state index contributed by atoms with van der Waals surface area (Å²) in [5, 5.41) is 22.4. The molecule has 0 fully saturated rings. The monoisotopic (exact) mass is 234 g/mol. The van der Waals surface area contributed by atoms with Crippen molar-refractivity contribution < 1.29 is 19.7 Å². The lowest BCUT2D eigenvalue weighted by Crippen LogP contribution is -2.09. The van der Waals surface area contributed by atoms with Crippen molar-refractivity contribution in [2.45, 2.75) is 0 Å². The van der Waals surface area contributed by atoms with E-state index in [1.165, 1.54) is 30.1 Å². The number of carboxylic acid groups (broad SMARTS) is 1. The van der Waals surface area contributed by atoms with Crippen LogP contribution >= 0.6 is 0 Å². The average Bonchev–Trinajstić information content (AvgIpc) is 2.72. The van der Waals surface area contributed by atoms with Crippen LogP contribution in [0.5, 0.6) is 11.5 Å². The van der Waals surface area contributed by atoms with Crippen molar-refractivity contribution in [3.63, 3.8) is 0 Å². The summed E-state index contributed by atoms with van der Waals surface area (Å²) in [5.41, 5.74) is 0.365. The van der Waals surface area contributed by atoms with Gasteiger partial charge in [0.1, 0.15) is 5.75 Å². The second-order valence-electron chi connectivity index (χ2n) is 3.30. The van der Waals surface area contributed by atoms with Gasteiger partial charge in [-0.25, -0.2) is 9.48 Å². The Hall–Kier alpha value is -2.50. The largest absolute Gasteiger partial charge is 0.508 e. The van der Waals surface area contributed by atoms with Crippen molar-refractivity contribution in [2.75, 3.05) is 7.11 Å². The third-order valence-corrected chi connectivity index (χ3v) is 2.23. The van der Waals surface area contributed by atoms with Gasteiger partial charge in [-0.15, -0.1) is 0 Å². The maximum atomic E-state index is 11.1. The number of aromatic carboxylic acids is 1. The molecule has 2 rings (SSSR count). The van der Waals surface area contributed by atoms with E-state index in [0.29, 0.717) is 5.69 Å². The zero-order valence-corrected chi connectivity index (χ0v) is 8.99. The summed E-state index contributed by atoms with van der Waals surface area (Å²) in [6.45, 7) is 0. The number of aromatic hydroxyl groups is 1. The highest BCUT2D eigenvalue weighted by Crippen LogP contribution is 2.23. The van der Waals surface area contributed by atoms with E-state index in [9.17, 15) is 9.90 Å². The molecular formula is C11H10N2O4. The molecule has 0 radical (unpaired) electrons. The molecule has 17 heavy (non-hydrogen) atoms. The van der Waals surface area contributed by atoms with E-state index in [1.807, 2.05) is 0 Å². The molecular weight excluding hydrogens is 224 g/mol. The molecule has 0 saturated heterocycles. The predicted molar refractivity (Wildman–Crippen MR) is 58.7 cm³/mol. The Morgan fingerprint density at radius 2 is 2.24 bits per heavy atom. The zero-order chi connectivity index (χ0) is 12.4. The fourth-order valence-electron chi connectivity index (χ4n) is 1.50. The Balaban J connectivity index is 2.60. The minimum absolute atomic E-state index is 0.0355. The predicted octanol–water partition coefficient (Wildman–Crippen LogP) is 1.28. The van der Waals surface area contributed by atoms with Crippen LogP contribution in [0.2, 0.25) is 0 Å². The molecule has 2 aromatic rings. The molecule has 0 atom stereocenters. The molecule has 1 aromatic heterocycles. The Labute approximate surface area is 96.7 Å². The zero-order valence-electron chi connectivity index (χ0n) is 8.99. The van der Waals surface area contributed by atoms with Gasteiger partial charge >= 0.3 is 5.97 Å². The Kier molecular flexibility index (Phi) is 2.70. The van der Waals surface area contributed by atoms with Gasteiger partial charge < -0.3 is 14.9 Å². The van der Waals surface area contributed by atoms with E-state index in [0.717, 1.165) is 0 Å². The molecule has 88 valence electrons. The second-order valence-corrected chi connectivity index (χ2v) is 3.30. The summed E-state index contributed by atoms with van der Waals surface area (Å²) >= 11 is 0. The molecule has 0 unspecified atom stereocenters. The Morgan fingerprint density at radius 3 is 2.82 bits per heavy atom. The van der Waals surface area contributed by atoms with Crippen molar-refractivity contribution in [1.82, 2.24) is 9.78 Å². The van der Waals surface area contributed by atoms with Gasteiger partial charge in [-0.3, -0.25) is 0 Å². The standard InChI is InChI=1S/C11H10N2O4/c1-17-9-6-12-13(10(9)11(15)16)7-3-2-4-8(14)5-7/h2-6,14H,1H3,(H,15,16). The van der Waals surface area contributed by atoms with Crippen LogP contribution in [0.15, 0.2) is 30.5 Å². The average molecular weight is 234 g/mol. The van der Waals surface area contributed by atoms with Crippen molar-refractivity contribution in [1.29, 1.82) is 0 Å². The van der Waals surface area contributed by atoms with Crippen molar-refractivity contribution >= 4 is 5.97 Å². The highest BCUT2D eigenvalue weighted by atomic mass is 16.5. The molecule has 2 N–H and O–H groups in total. The van der Waals surface area contributed by atoms with Gasteiger partial charge in [0.05, 0.1) is 19.0 Å². The van der Waals surface area contributed by atoms with Crippen LogP contribution in [0.1, 0.15) is 10.5 Å². The van der Waals surface area contributed by atoms with Crippen LogP contribution in [-0.4, -0.2) is 33.1 Å². The number of methoxy groups -OCH3 is 1. The van der Waals surface area contributed by atoms with Crippen LogP contribution in [0.4, 0.5) is 0 Å². The van der Waals surface area contributed by atoms with Crippen LogP contribution in [0.25, 0.3) is 5.69 Å². The molecule has 0 bridgehead atoms. The van der Waals surface area contributed by atoms with Crippen molar-refractivity contribution in [3.8, 4) is 17.2 Å². The first-order valence-corrected chi connectivity index (χ1v) is 4.78. The number of carboxylic acids is 1. The summed E-state index contributed by atoms with van der Waals surface area (Å²) < 4.78 is 6.11. The van der Waals surface area contributed by atoms with E-state index in [2.05, 4.69) is 5.10 Å². The summed E-state index contributed by atoms with van der Waals surface area (Å²) in [7, 11) is 1.37. The summed E-state index contributed by atoms with van der Waals surface area (Å²) in [6, 6.07) is 6.15. The third-order valence-electron chi connectivity index (χ3n) is 2.23.